The van der Waals surface area contributed by atoms with E-state index in [1.165, 1.54) is 0 Å². The minimum atomic E-state index is -0.239. The highest BCUT2D eigenvalue weighted by Gasteiger charge is 2.28. The molecule has 1 aliphatic carbocycles. The van der Waals surface area contributed by atoms with Crippen LogP contribution in [-0.4, -0.2) is 35.7 Å². The average molecular weight is 280 g/mol. The van der Waals surface area contributed by atoms with E-state index in [1.54, 1.807) is 6.92 Å². The third-order valence-corrected chi connectivity index (χ3v) is 3.98. The molecular weight excluding hydrogens is 252 g/mol. The van der Waals surface area contributed by atoms with E-state index in [4.69, 9.17) is 0 Å². The first-order valence-corrected chi connectivity index (χ1v) is 7.70. The lowest BCUT2D eigenvalue weighted by Crippen LogP contribution is -2.49. The van der Waals surface area contributed by atoms with Crippen LogP contribution in [0, 0.1) is 5.92 Å². The molecule has 0 saturated carbocycles. The van der Waals surface area contributed by atoms with E-state index in [1.807, 2.05) is 32.6 Å². The second-order valence-electron chi connectivity index (χ2n) is 5.74. The van der Waals surface area contributed by atoms with E-state index in [9.17, 15) is 9.59 Å². The number of hydrogen-bond acceptors (Lipinski definition) is 3. The predicted molar refractivity (Wildman–Crippen MR) is 81.2 cm³/mol. The van der Waals surface area contributed by atoms with Crippen molar-refractivity contribution in [3.63, 3.8) is 0 Å². The van der Waals surface area contributed by atoms with Crippen molar-refractivity contribution in [2.24, 2.45) is 5.92 Å². The number of nitrogens with one attached hydrogen (secondary N) is 1. The molecule has 4 heteroatoms. The van der Waals surface area contributed by atoms with Gasteiger partial charge in [-0.25, -0.2) is 0 Å². The maximum atomic E-state index is 12.6. The van der Waals surface area contributed by atoms with E-state index in [0.29, 0.717) is 0 Å². The van der Waals surface area contributed by atoms with E-state index >= 15 is 0 Å². The molecule has 0 fully saturated rings. The predicted octanol–water partition coefficient (Wildman–Crippen LogP) is 2.50. The maximum absolute atomic E-state index is 12.6. The smallest absolute Gasteiger partial charge is 0.245 e. The normalized spacial score (nSPS) is 16.5. The molecule has 20 heavy (non-hydrogen) atoms. The lowest BCUT2D eigenvalue weighted by Gasteiger charge is -2.29. The van der Waals surface area contributed by atoms with Crippen LogP contribution in [0.3, 0.4) is 0 Å². The third-order valence-electron chi connectivity index (χ3n) is 3.98. The van der Waals surface area contributed by atoms with Gasteiger partial charge in [0.05, 0.1) is 0 Å². The topological polar surface area (TPSA) is 49.4 Å². The molecule has 0 bridgehead atoms. The number of amides is 1. The van der Waals surface area contributed by atoms with E-state index in [-0.39, 0.29) is 23.7 Å². The zero-order valence-corrected chi connectivity index (χ0v) is 13.5. The van der Waals surface area contributed by atoms with Crippen molar-refractivity contribution in [3.05, 3.63) is 11.3 Å². The second-order valence-corrected chi connectivity index (χ2v) is 5.74. The molecule has 0 aliphatic heterocycles. The molecule has 0 saturated heterocycles. The number of ketones is 1. The van der Waals surface area contributed by atoms with Crippen LogP contribution < -0.4 is 5.32 Å². The molecule has 0 radical (unpaired) electrons. The number of hydrogen-bond donors (Lipinski definition) is 1. The van der Waals surface area contributed by atoms with Crippen molar-refractivity contribution in [1.29, 1.82) is 0 Å². The summed E-state index contributed by atoms with van der Waals surface area (Å²) < 4.78 is 0. The molecule has 4 nitrogen and oxygen atoms in total. The summed E-state index contributed by atoms with van der Waals surface area (Å²) in [6.45, 7) is 11.1. The molecule has 1 amide bonds. The van der Waals surface area contributed by atoms with Crippen LogP contribution in [-0.2, 0) is 9.59 Å². The molecule has 0 spiro atoms. The molecule has 0 aromatic carbocycles. The number of allylic oxidation sites excluding steroid dienone is 2. The van der Waals surface area contributed by atoms with Crippen LogP contribution in [0.4, 0.5) is 0 Å². The summed E-state index contributed by atoms with van der Waals surface area (Å²) in [5.41, 5.74) is 1.86. The van der Waals surface area contributed by atoms with Crippen LogP contribution in [0.2, 0.25) is 0 Å². The van der Waals surface area contributed by atoms with E-state index in [2.05, 4.69) is 5.32 Å². The lowest BCUT2D eigenvalue weighted by molar-refractivity contribution is -0.134. The van der Waals surface area contributed by atoms with Gasteiger partial charge in [-0.05, 0) is 46.0 Å². The number of carbonyl (C=O) groups excluding carboxylic acids is 2. The monoisotopic (exact) mass is 280 g/mol. The zero-order chi connectivity index (χ0) is 15.3. The molecule has 1 atom stereocenters. The Kier molecular flexibility index (Phi) is 6.24. The Hall–Kier alpha value is -1.32. The van der Waals surface area contributed by atoms with Gasteiger partial charge in [0.2, 0.25) is 5.91 Å². The Balaban J connectivity index is 2.90. The highest BCUT2D eigenvalue weighted by molar-refractivity contribution is 5.94. The van der Waals surface area contributed by atoms with Crippen LogP contribution in [0.25, 0.3) is 0 Å². The van der Waals surface area contributed by atoms with Gasteiger partial charge in [0, 0.05) is 24.4 Å². The van der Waals surface area contributed by atoms with Crippen molar-refractivity contribution in [3.8, 4) is 0 Å². The quantitative estimate of drug-likeness (QED) is 0.779. The number of carbonyl (C=O) groups is 2. The summed E-state index contributed by atoms with van der Waals surface area (Å²) in [6.07, 6.45) is 2.72. The second kappa shape index (κ2) is 7.46. The van der Waals surface area contributed by atoms with Gasteiger partial charge in [-0.2, -0.15) is 0 Å². The molecule has 0 aromatic heterocycles. The Labute approximate surface area is 122 Å². The molecule has 1 rings (SSSR count). The van der Waals surface area contributed by atoms with Crippen molar-refractivity contribution < 1.29 is 9.59 Å². The SMILES string of the molecule is CCN(CC)C(=O)[C@@H](NC1=C(C(C)=O)CCC1)C(C)C. The van der Waals surface area contributed by atoms with E-state index < -0.39 is 0 Å². The Morgan fingerprint density at radius 1 is 1.20 bits per heavy atom. The third kappa shape index (κ3) is 3.84. The first-order chi connectivity index (χ1) is 9.42. The van der Waals surface area contributed by atoms with Crippen molar-refractivity contribution in [1.82, 2.24) is 10.2 Å². The number of rotatable bonds is 7. The summed E-state index contributed by atoms with van der Waals surface area (Å²) in [7, 11) is 0. The van der Waals surface area contributed by atoms with Crippen LogP contribution in [0.1, 0.15) is 53.9 Å². The van der Waals surface area contributed by atoms with Gasteiger partial charge >= 0.3 is 0 Å². The fraction of sp³-hybridized carbons (Fsp3) is 0.750. The van der Waals surface area contributed by atoms with Crippen LogP contribution in [0.15, 0.2) is 11.3 Å². The van der Waals surface area contributed by atoms with Crippen molar-refractivity contribution in [2.75, 3.05) is 13.1 Å². The highest BCUT2D eigenvalue weighted by Crippen LogP contribution is 2.26. The summed E-state index contributed by atoms with van der Waals surface area (Å²) in [6, 6.07) is -0.239. The summed E-state index contributed by atoms with van der Waals surface area (Å²) in [4.78, 5) is 26.0. The molecule has 114 valence electrons. The van der Waals surface area contributed by atoms with Crippen molar-refractivity contribution >= 4 is 11.7 Å². The fourth-order valence-corrected chi connectivity index (χ4v) is 2.72. The minimum Gasteiger partial charge on any atom is -0.377 e. The van der Waals surface area contributed by atoms with Crippen LogP contribution in [0.5, 0.6) is 0 Å². The summed E-state index contributed by atoms with van der Waals surface area (Å²) in [5.74, 6) is 0.458. The number of nitrogens with zero attached hydrogens (tertiary/aromatic N) is 1. The number of likely N-dealkylation sites (N-methyl/N-ethyl adjacent to an activating group) is 1. The first kappa shape index (κ1) is 16.7. The van der Waals surface area contributed by atoms with Crippen molar-refractivity contribution in [2.45, 2.75) is 59.9 Å². The van der Waals surface area contributed by atoms with Gasteiger partial charge in [0.1, 0.15) is 6.04 Å². The number of Topliss-reactive ketones (excluding diaryl/α,β-unsaturated/α-hetero) is 1. The maximum Gasteiger partial charge on any atom is 0.245 e. The van der Waals surface area contributed by atoms with Gasteiger partial charge in [0.15, 0.2) is 5.78 Å². The van der Waals surface area contributed by atoms with Gasteiger partial charge in [0.25, 0.3) is 0 Å². The first-order valence-electron chi connectivity index (χ1n) is 7.70. The molecule has 0 heterocycles. The largest absolute Gasteiger partial charge is 0.377 e. The molecule has 0 unspecified atom stereocenters. The highest BCUT2D eigenvalue weighted by atomic mass is 16.2. The van der Waals surface area contributed by atoms with Gasteiger partial charge in [-0.15, -0.1) is 0 Å². The average Bonchev–Trinajstić information content (AvgIpc) is 2.85. The fourth-order valence-electron chi connectivity index (χ4n) is 2.72. The zero-order valence-electron chi connectivity index (χ0n) is 13.5. The molecule has 1 aliphatic rings. The van der Waals surface area contributed by atoms with Gasteiger partial charge in [-0.1, -0.05) is 13.8 Å². The summed E-state index contributed by atoms with van der Waals surface area (Å²) >= 11 is 0. The summed E-state index contributed by atoms with van der Waals surface area (Å²) in [5, 5.41) is 3.36. The molecule has 1 N–H and O–H groups in total. The Morgan fingerprint density at radius 3 is 2.25 bits per heavy atom. The minimum absolute atomic E-state index is 0.128. The van der Waals surface area contributed by atoms with Gasteiger partial charge in [-0.3, -0.25) is 9.59 Å². The Bertz CT molecular complexity index is 395. The van der Waals surface area contributed by atoms with Gasteiger partial charge < -0.3 is 10.2 Å². The molecular formula is C16H28N2O2. The Morgan fingerprint density at radius 2 is 1.80 bits per heavy atom. The standard InChI is InChI=1S/C16H28N2O2/c1-6-18(7-2)16(20)15(11(3)4)17-14-10-8-9-13(14)12(5)19/h11,15,17H,6-10H2,1-5H3/t15-/m0/s1. The molecule has 0 aromatic rings. The van der Waals surface area contributed by atoms with Crippen LogP contribution >= 0.6 is 0 Å². The lowest BCUT2D eigenvalue weighted by atomic mass is 10.0. The van der Waals surface area contributed by atoms with E-state index in [0.717, 1.165) is 43.6 Å².